The van der Waals surface area contributed by atoms with Crippen molar-refractivity contribution in [1.29, 1.82) is 0 Å². The molecule has 5 nitrogen and oxygen atoms in total. The number of nitrogens with zero attached hydrogens (tertiary/aromatic N) is 2. The van der Waals surface area contributed by atoms with Crippen molar-refractivity contribution in [3.63, 3.8) is 0 Å². The standard InChI is InChI=1S/C15H20N2O3S/c1-21(19,20)16-10-5-8-15(12-16)9-11-17(14(15)18)13-6-3-2-4-7-13/h2-4,6-7H,5,8-12H2,1H3. The van der Waals surface area contributed by atoms with Crippen LogP contribution >= 0.6 is 0 Å². The van der Waals surface area contributed by atoms with Gasteiger partial charge in [-0.25, -0.2) is 12.7 Å². The highest BCUT2D eigenvalue weighted by Gasteiger charge is 2.50. The van der Waals surface area contributed by atoms with Gasteiger partial charge >= 0.3 is 0 Å². The molecule has 0 bridgehead atoms. The zero-order valence-electron chi connectivity index (χ0n) is 12.2. The third-order valence-electron chi connectivity index (χ3n) is 4.59. The minimum atomic E-state index is -3.23. The van der Waals surface area contributed by atoms with Crippen molar-refractivity contribution in [3.05, 3.63) is 30.3 Å². The van der Waals surface area contributed by atoms with E-state index in [9.17, 15) is 13.2 Å². The predicted molar refractivity (Wildman–Crippen MR) is 81.5 cm³/mol. The van der Waals surface area contributed by atoms with E-state index in [0.29, 0.717) is 19.6 Å². The van der Waals surface area contributed by atoms with E-state index in [4.69, 9.17) is 0 Å². The lowest BCUT2D eigenvalue weighted by atomic mass is 9.79. The Labute approximate surface area is 125 Å². The zero-order chi connectivity index (χ0) is 15.1. The molecule has 1 amide bonds. The Morgan fingerprint density at radius 1 is 1.10 bits per heavy atom. The van der Waals surface area contributed by atoms with Crippen LogP contribution in [0.3, 0.4) is 0 Å². The molecule has 0 N–H and O–H groups in total. The molecule has 0 radical (unpaired) electrons. The van der Waals surface area contributed by atoms with Crippen LogP contribution in [0.25, 0.3) is 0 Å². The fourth-order valence-corrected chi connectivity index (χ4v) is 4.37. The van der Waals surface area contributed by atoms with Crippen LogP contribution in [-0.4, -0.2) is 44.5 Å². The Balaban J connectivity index is 1.85. The summed E-state index contributed by atoms with van der Waals surface area (Å²) in [5, 5.41) is 0. The molecule has 0 aliphatic carbocycles. The molecule has 2 aliphatic rings. The molecular weight excluding hydrogens is 288 g/mol. The Bertz CT molecular complexity index is 644. The van der Waals surface area contributed by atoms with E-state index >= 15 is 0 Å². The van der Waals surface area contributed by atoms with Gasteiger partial charge in [-0.3, -0.25) is 4.79 Å². The van der Waals surface area contributed by atoms with Gasteiger partial charge in [0.2, 0.25) is 15.9 Å². The number of piperidine rings is 1. The van der Waals surface area contributed by atoms with Gasteiger partial charge in [-0.15, -0.1) is 0 Å². The number of anilines is 1. The summed E-state index contributed by atoms with van der Waals surface area (Å²) in [6.07, 6.45) is 3.48. The second kappa shape index (κ2) is 5.10. The smallest absolute Gasteiger partial charge is 0.234 e. The van der Waals surface area contributed by atoms with Gasteiger partial charge in [0.15, 0.2) is 0 Å². The average Bonchev–Trinajstić information content (AvgIpc) is 2.76. The van der Waals surface area contributed by atoms with Crippen LogP contribution in [0.2, 0.25) is 0 Å². The molecule has 1 unspecified atom stereocenters. The quantitative estimate of drug-likeness (QED) is 0.831. The number of para-hydroxylation sites is 1. The lowest BCUT2D eigenvalue weighted by Crippen LogP contribution is -2.49. The first-order chi connectivity index (χ1) is 9.92. The molecule has 21 heavy (non-hydrogen) atoms. The van der Waals surface area contributed by atoms with Crippen molar-refractivity contribution in [2.75, 3.05) is 30.8 Å². The third kappa shape index (κ3) is 2.58. The molecule has 1 spiro atoms. The fraction of sp³-hybridized carbons (Fsp3) is 0.533. The van der Waals surface area contributed by atoms with Crippen molar-refractivity contribution in [2.24, 2.45) is 5.41 Å². The van der Waals surface area contributed by atoms with Crippen molar-refractivity contribution >= 4 is 21.6 Å². The van der Waals surface area contributed by atoms with Crippen LogP contribution in [0.5, 0.6) is 0 Å². The van der Waals surface area contributed by atoms with E-state index in [-0.39, 0.29) is 5.91 Å². The zero-order valence-corrected chi connectivity index (χ0v) is 13.0. The fourth-order valence-electron chi connectivity index (χ4n) is 3.43. The van der Waals surface area contributed by atoms with Gasteiger partial charge in [-0.05, 0) is 31.4 Å². The maximum atomic E-state index is 12.9. The van der Waals surface area contributed by atoms with E-state index < -0.39 is 15.4 Å². The molecule has 3 rings (SSSR count). The largest absolute Gasteiger partial charge is 0.312 e. The third-order valence-corrected chi connectivity index (χ3v) is 5.84. The van der Waals surface area contributed by atoms with Crippen molar-refractivity contribution in [1.82, 2.24) is 4.31 Å². The molecular formula is C15H20N2O3S. The SMILES string of the molecule is CS(=O)(=O)N1CCCC2(CCN(c3ccccc3)C2=O)C1. The average molecular weight is 308 g/mol. The van der Waals surface area contributed by atoms with E-state index in [1.165, 1.54) is 10.6 Å². The molecule has 1 aromatic rings. The lowest BCUT2D eigenvalue weighted by molar-refractivity contribution is -0.127. The van der Waals surface area contributed by atoms with Crippen LogP contribution < -0.4 is 4.90 Å². The van der Waals surface area contributed by atoms with Crippen LogP contribution in [0.4, 0.5) is 5.69 Å². The maximum absolute atomic E-state index is 12.9. The number of carbonyl (C=O) groups is 1. The molecule has 2 aliphatic heterocycles. The minimum absolute atomic E-state index is 0.0713. The Morgan fingerprint density at radius 2 is 1.81 bits per heavy atom. The molecule has 0 saturated carbocycles. The number of carbonyl (C=O) groups excluding carboxylic acids is 1. The maximum Gasteiger partial charge on any atom is 0.234 e. The second-order valence-electron chi connectivity index (χ2n) is 6.02. The first-order valence-electron chi connectivity index (χ1n) is 7.25. The summed E-state index contributed by atoms with van der Waals surface area (Å²) >= 11 is 0. The Kier molecular flexibility index (Phi) is 3.53. The molecule has 2 saturated heterocycles. The topological polar surface area (TPSA) is 57.7 Å². The molecule has 1 aromatic carbocycles. The van der Waals surface area contributed by atoms with Crippen molar-refractivity contribution < 1.29 is 13.2 Å². The van der Waals surface area contributed by atoms with Gasteiger partial charge in [0.05, 0.1) is 11.7 Å². The highest BCUT2D eigenvalue weighted by Crippen LogP contribution is 2.42. The lowest BCUT2D eigenvalue weighted by Gasteiger charge is -2.37. The Morgan fingerprint density at radius 3 is 2.48 bits per heavy atom. The number of benzene rings is 1. The van der Waals surface area contributed by atoms with E-state index in [0.717, 1.165) is 24.9 Å². The number of hydrogen-bond acceptors (Lipinski definition) is 3. The van der Waals surface area contributed by atoms with E-state index in [1.54, 1.807) is 4.90 Å². The van der Waals surface area contributed by atoms with Crippen LogP contribution in [-0.2, 0) is 14.8 Å². The number of amides is 1. The highest BCUT2D eigenvalue weighted by atomic mass is 32.2. The predicted octanol–water partition coefficient (Wildman–Crippen LogP) is 1.47. The van der Waals surface area contributed by atoms with Gasteiger partial charge in [-0.2, -0.15) is 0 Å². The van der Waals surface area contributed by atoms with Crippen LogP contribution in [0.1, 0.15) is 19.3 Å². The molecule has 2 heterocycles. The summed E-state index contributed by atoms with van der Waals surface area (Å²) in [6, 6.07) is 9.60. The van der Waals surface area contributed by atoms with Gasteiger partial charge in [-0.1, -0.05) is 18.2 Å². The van der Waals surface area contributed by atoms with Crippen LogP contribution in [0, 0.1) is 5.41 Å². The summed E-state index contributed by atoms with van der Waals surface area (Å²) in [7, 11) is -3.23. The minimum Gasteiger partial charge on any atom is -0.312 e. The molecule has 1 atom stereocenters. The summed E-state index contributed by atoms with van der Waals surface area (Å²) in [6.45, 7) is 1.52. The van der Waals surface area contributed by atoms with Crippen molar-refractivity contribution in [3.8, 4) is 0 Å². The normalized spacial score (nSPS) is 27.5. The number of rotatable bonds is 2. The number of sulfonamides is 1. The van der Waals surface area contributed by atoms with Gasteiger partial charge in [0.25, 0.3) is 0 Å². The summed E-state index contributed by atoms with van der Waals surface area (Å²) < 4.78 is 25.0. The first-order valence-corrected chi connectivity index (χ1v) is 9.09. The molecule has 0 aromatic heterocycles. The van der Waals surface area contributed by atoms with Gasteiger partial charge in [0.1, 0.15) is 0 Å². The van der Waals surface area contributed by atoms with Gasteiger partial charge in [0, 0.05) is 25.3 Å². The first kappa shape index (κ1) is 14.5. The molecule has 2 fully saturated rings. The van der Waals surface area contributed by atoms with Gasteiger partial charge < -0.3 is 4.90 Å². The molecule has 114 valence electrons. The second-order valence-corrected chi connectivity index (χ2v) is 8.01. The summed E-state index contributed by atoms with van der Waals surface area (Å²) in [5.74, 6) is 0.0713. The summed E-state index contributed by atoms with van der Waals surface area (Å²) in [5.41, 5.74) is 0.368. The summed E-state index contributed by atoms with van der Waals surface area (Å²) in [4.78, 5) is 14.7. The monoisotopic (exact) mass is 308 g/mol. The van der Waals surface area contributed by atoms with E-state index in [2.05, 4.69) is 0 Å². The number of hydrogen-bond donors (Lipinski definition) is 0. The Hall–Kier alpha value is -1.40. The highest BCUT2D eigenvalue weighted by molar-refractivity contribution is 7.88. The molecule has 6 heteroatoms. The van der Waals surface area contributed by atoms with E-state index in [1.807, 2.05) is 30.3 Å². The van der Waals surface area contributed by atoms with Crippen LogP contribution in [0.15, 0.2) is 30.3 Å². The van der Waals surface area contributed by atoms with Crippen molar-refractivity contribution in [2.45, 2.75) is 19.3 Å².